The molecule has 9 heteroatoms. The van der Waals surface area contributed by atoms with E-state index in [0.29, 0.717) is 0 Å². The van der Waals surface area contributed by atoms with Crippen LogP contribution in [-0.2, 0) is 15.6 Å². The van der Waals surface area contributed by atoms with E-state index in [1.807, 2.05) is 0 Å². The number of halogens is 1. The lowest BCUT2D eigenvalue weighted by atomic mass is 10.1. The summed E-state index contributed by atoms with van der Waals surface area (Å²) >= 11 is 0. The third-order valence-electron chi connectivity index (χ3n) is 2.60. The normalized spacial score (nSPS) is 11.5. The predicted molar refractivity (Wildman–Crippen MR) is 63.3 cm³/mol. The van der Waals surface area contributed by atoms with Gasteiger partial charge in [0.25, 0.3) is 0 Å². The summed E-state index contributed by atoms with van der Waals surface area (Å²) in [5.74, 6) is -3.02. The number of nitrogens with zero attached hydrogens (tertiary/aromatic N) is 2. The number of carboxylic acid groups (broad SMARTS) is 1. The van der Waals surface area contributed by atoms with Gasteiger partial charge in [-0.2, -0.15) is 4.98 Å². The first kappa shape index (κ1) is 14.1. The molecule has 20 heavy (non-hydrogen) atoms. The Kier molecular flexibility index (Phi) is 3.53. The van der Waals surface area contributed by atoms with Gasteiger partial charge >= 0.3 is 5.97 Å². The minimum atomic E-state index is -3.98. The zero-order valence-corrected chi connectivity index (χ0v) is 11.0. The molecular formula is C11H9FN2O5S. The fourth-order valence-corrected chi connectivity index (χ4v) is 3.10. The summed E-state index contributed by atoms with van der Waals surface area (Å²) in [7, 11) is -3.98. The monoisotopic (exact) mass is 300 g/mol. The molecule has 106 valence electrons. The van der Waals surface area contributed by atoms with Gasteiger partial charge in [0.05, 0.1) is 10.5 Å². The van der Waals surface area contributed by atoms with Gasteiger partial charge in [-0.1, -0.05) is 5.16 Å². The molecule has 1 heterocycles. The van der Waals surface area contributed by atoms with Gasteiger partial charge in [-0.15, -0.1) is 0 Å². The quantitative estimate of drug-likeness (QED) is 0.902. The van der Waals surface area contributed by atoms with Crippen LogP contribution >= 0.6 is 0 Å². The van der Waals surface area contributed by atoms with E-state index in [-0.39, 0.29) is 11.4 Å². The van der Waals surface area contributed by atoms with Gasteiger partial charge in [0.2, 0.25) is 6.39 Å². The second kappa shape index (κ2) is 5.00. The van der Waals surface area contributed by atoms with Crippen LogP contribution in [0.1, 0.15) is 21.7 Å². The molecule has 1 N–H and O–H groups in total. The van der Waals surface area contributed by atoms with E-state index in [4.69, 9.17) is 5.11 Å². The summed E-state index contributed by atoms with van der Waals surface area (Å²) in [6.45, 7) is 1.25. The Labute approximate surface area is 113 Å². The molecule has 0 aliphatic rings. The minimum Gasteiger partial charge on any atom is -0.478 e. The summed E-state index contributed by atoms with van der Waals surface area (Å²) in [6, 6.07) is 1.68. The lowest BCUT2D eigenvalue weighted by molar-refractivity contribution is 0.0696. The average molecular weight is 300 g/mol. The van der Waals surface area contributed by atoms with E-state index in [0.717, 1.165) is 18.5 Å². The summed E-state index contributed by atoms with van der Waals surface area (Å²) in [5, 5.41) is 12.2. The molecule has 0 fully saturated rings. The van der Waals surface area contributed by atoms with Crippen molar-refractivity contribution in [2.75, 3.05) is 0 Å². The molecule has 1 aromatic heterocycles. The number of rotatable bonds is 4. The number of hydrogen-bond donors (Lipinski definition) is 1. The standard InChI is InChI=1S/C11H9FN2O5S/c1-6-8(12)2-7(11(15)16)3-9(6)20(17,18)4-10-13-5-19-14-10/h2-3,5H,4H2,1H3,(H,15,16). The molecule has 0 aliphatic heterocycles. The third kappa shape index (κ3) is 2.67. The maximum atomic E-state index is 13.6. The van der Waals surface area contributed by atoms with E-state index in [1.165, 1.54) is 6.92 Å². The number of hydrogen-bond acceptors (Lipinski definition) is 6. The van der Waals surface area contributed by atoms with Crippen molar-refractivity contribution in [3.8, 4) is 0 Å². The number of aromatic carboxylic acids is 1. The van der Waals surface area contributed by atoms with Crippen LogP contribution in [0.5, 0.6) is 0 Å². The Morgan fingerprint density at radius 2 is 2.15 bits per heavy atom. The van der Waals surface area contributed by atoms with Crippen LogP contribution in [0.4, 0.5) is 4.39 Å². The zero-order chi connectivity index (χ0) is 14.9. The van der Waals surface area contributed by atoms with Crippen molar-refractivity contribution >= 4 is 15.8 Å². The number of benzene rings is 1. The maximum absolute atomic E-state index is 13.6. The van der Waals surface area contributed by atoms with E-state index < -0.39 is 37.8 Å². The van der Waals surface area contributed by atoms with Crippen LogP contribution in [-0.4, -0.2) is 29.6 Å². The first-order chi connectivity index (χ1) is 9.31. The molecule has 0 saturated heterocycles. The molecule has 0 radical (unpaired) electrons. The molecule has 0 bridgehead atoms. The van der Waals surface area contributed by atoms with E-state index in [1.54, 1.807) is 0 Å². The SMILES string of the molecule is Cc1c(F)cc(C(=O)O)cc1S(=O)(=O)Cc1ncon1. The maximum Gasteiger partial charge on any atom is 0.335 e. The van der Waals surface area contributed by atoms with Crippen molar-refractivity contribution in [2.45, 2.75) is 17.6 Å². The highest BCUT2D eigenvalue weighted by Gasteiger charge is 2.24. The topological polar surface area (TPSA) is 110 Å². The van der Waals surface area contributed by atoms with Crippen LogP contribution in [0, 0.1) is 12.7 Å². The van der Waals surface area contributed by atoms with Gasteiger partial charge in [-0.25, -0.2) is 17.6 Å². The molecule has 2 rings (SSSR count). The van der Waals surface area contributed by atoms with Crippen LogP contribution in [0.3, 0.4) is 0 Å². The van der Waals surface area contributed by atoms with Crippen molar-refractivity contribution < 1.29 is 27.2 Å². The largest absolute Gasteiger partial charge is 0.478 e. The Balaban J connectivity index is 2.53. The Bertz CT molecular complexity index is 755. The minimum absolute atomic E-state index is 0.0921. The van der Waals surface area contributed by atoms with Crippen LogP contribution in [0.2, 0.25) is 0 Å². The lowest BCUT2D eigenvalue weighted by Crippen LogP contribution is -2.11. The zero-order valence-electron chi connectivity index (χ0n) is 10.2. The summed E-state index contributed by atoms with van der Waals surface area (Å²) in [6.07, 6.45) is 0.964. The molecule has 0 atom stereocenters. The summed E-state index contributed by atoms with van der Waals surface area (Å²) in [5.41, 5.74) is -0.599. The van der Waals surface area contributed by atoms with Crippen molar-refractivity contribution in [1.29, 1.82) is 0 Å². The molecule has 7 nitrogen and oxygen atoms in total. The Morgan fingerprint density at radius 3 is 2.70 bits per heavy atom. The highest BCUT2D eigenvalue weighted by molar-refractivity contribution is 7.90. The van der Waals surface area contributed by atoms with E-state index in [9.17, 15) is 17.6 Å². The second-order valence-electron chi connectivity index (χ2n) is 3.99. The van der Waals surface area contributed by atoms with Crippen molar-refractivity contribution in [1.82, 2.24) is 10.1 Å². The fourth-order valence-electron chi connectivity index (χ4n) is 1.60. The number of carboxylic acids is 1. The van der Waals surface area contributed by atoms with Crippen LogP contribution < -0.4 is 0 Å². The highest BCUT2D eigenvalue weighted by atomic mass is 32.2. The second-order valence-corrected chi connectivity index (χ2v) is 5.95. The van der Waals surface area contributed by atoms with Gasteiger partial charge < -0.3 is 9.63 Å². The molecular weight excluding hydrogens is 291 g/mol. The average Bonchev–Trinajstić information content (AvgIpc) is 2.83. The predicted octanol–water partition coefficient (Wildman–Crippen LogP) is 1.19. The summed E-state index contributed by atoms with van der Waals surface area (Å²) in [4.78, 5) is 14.0. The smallest absolute Gasteiger partial charge is 0.335 e. The van der Waals surface area contributed by atoms with Gasteiger partial charge in [0.1, 0.15) is 11.6 Å². The van der Waals surface area contributed by atoms with Gasteiger partial charge in [-0.05, 0) is 19.1 Å². The first-order valence-electron chi connectivity index (χ1n) is 5.32. The van der Waals surface area contributed by atoms with Gasteiger partial charge in [0.15, 0.2) is 15.7 Å². The van der Waals surface area contributed by atoms with Gasteiger partial charge in [0, 0.05) is 5.56 Å². The molecule has 0 saturated carbocycles. The lowest BCUT2D eigenvalue weighted by Gasteiger charge is -2.08. The molecule has 2 aromatic rings. The molecule has 0 unspecified atom stereocenters. The molecule has 1 aromatic carbocycles. The molecule has 0 spiro atoms. The van der Waals surface area contributed by atoms with Crippen molar-refractivity contribution in [3.05, 3.63) is 41.3 Å². The molecule has 0 amide bonds. The number of carbonyl (C=O) groups is 1. The summed E-state index contributed by atoms with van der Waals surface area (Å²) < 4.78 is 42.4. The van der Waals surface area contributed by atoms with Gasteiger partial charge in [-0.3, -0.25) is 0 Å². The number of aromatic nitrogens is 2. The number of sulfone groups is 1. The Morgan fingerprint density at radius 1 is 1.45 bits per heavy atom. The molecule has 0 aliphatic carbocycles. The van der Waals surface area contributed by atoms with Crippen molar-refractivity contribution in [2.24, 2.45) is 0 Å². The van der Waals surface area contributed by atoms with Crippen LogP contribution in [0.15, 0.2) is 27.9 Å². The van der Waals surface area contributed by atoms with E-state index >= 15 is 0 Å². The fraction of sp³-hybridized carbons (Fsp3) is 0.182. The van der Waals surface area contributed by atoms with Crippen LogP contribution in [0.25, 0.3) is 0 Å². The third-order valence-corrected chi connectivity index (χ3v) is 4.34. The Hall–Kier alpha value is -2.29. The van der Waals surface area contributed by atoms with E-state index in [2.05, 4.69) is 14.7 Å². The van der Waals surface area contributed by atoms with Crippen molar-refractivity contribution in [3.63, 3.8) is 0 Å². The first-order valence-corrected chi connectivity index (χ1v) is 6.98. The highest BCUT2D eigenvalue weighted by Crippen LogP contribution is 2.23.